The Kier molecular flexibility index (Phi) is 8.94. The molecule has 0 radical (unpaired) electrons. The molecule has 0 heterocycles. The number of rotatable bonds is 12. The van der Waals surface area contributed by atoms with Gasteiger partial charge in [-0.05, 0) is 25.0 Å². The third-order valence-corrected chi connectivity index (χ3v) is 3.92. The average molecular weight is 424 g/mol. The molecular weight excluding hydrogens is 404 g/mol. The van der Waals surface area contributed by atoms with Gasteiger partial charge in [0.05, 0.1) is 11.1 Å². The van der Waals surface area contributed by atoms with Crippen LogP contribution in [-0.2, 0) is 19.2 Å². The van der Waals surface area contributed by atoms with Crippen LogP contribution in [-0.4, -0.2) is 68.2 Å². The van der Waals surface area contributed by atoms with Crippen LogP contribution in [0.5, 0.6) is 0 Å². The Morgan fingerprint density at radius 3 is 1.27 bits per heavy atom. The van der Waals surface area contributed by atoms with Crippen molar-refractivity contribution in [3.05, 3.63) is 35.4 Å². The molecule has 0 saturated heterocycles. The lowest BCUT2D eigenvalue weighted by atomic mass is 10.0. The van der Waals surface area contributed by atoms with Gasteiger partial charge in [-0.3, -0.25) is 19.2 Å². The van der Waals surface area contributed by atoms with Crippen LogP contribution >= 0.6 is 0 Å². The van der Waals surface area contributed by atoms with Gasteiger partial charge in [0.25, 0.3) is 11.8 Å². The Balaban J connectivity index is 3.01. The van der Waals surface area contributed by atoms with Crippen LogP contribution in [0.4, 0.5) is 0 Å². The van der Waals surface area contributed by atoms with Gasteiger partial charge >= 0.3 is 23.9 Å². The second-order valence-corrected chi connectivity index (χ2v) is 6.14. The number of nitrogens with one attached hydrogen (secondary N) is 2. The van der Waals surface area contributed by atoms with E-state index in [1.165, 1.54) is 24.3 Å². The van der Waals surface area contributed by atoms with Crippen molar-refractivity contribution in [3.8, 4) is 0 Å². The fourth-order valence-corrected chi connectivity index (χ4v) is 2.40. The monoisotopic (exact) mass is 424 g/mol. The normalized spacial score (nSPS) is 12.3. The van der Waals surface area contributed by atoms with Gasteiger partial charge in [-0.2, -0.15) is 0 Å². The minimum Gasteiger partial charge on any atom is -0.481 e. The van der Waals surface area contributed by atoms with E-state index in [0.29, 0.717) is 0 Å². The third-order valence-electron chi connectivity index (χ3n) is 3.92. The lowest BCUT2D eigenvalue weighted by Gasteiger charge is -2.17. The van der Waals surface area contributed by atoms with Crippen LogP contribution in [0.25, 0.3) is 0 Å². The molecule has 0 aliphatic heterocycles. The summed E-state index contributed by atoms with van der Waals surface area (Å²) in [5.41, 5.74) is -0.530. The molecule has 0 aromatic heterocycles. The predicted molar refractivity (Wildman–Crippen MR) is 98.0 cm³/mol. The number of carboxylic acid groups (broad SMARTS) is 4. The molecule has 1 rings (SSSR count). The van der Waals surface area contributed by atoms with E-state index >= 15 is 0 Å². The van der Waals surface area contributed by atoms with Crippen LogP contribution < -0.4 is 10.6 Å². The number of hydrogen-bond donors (Lipinski definition) is 6. The van der Waals surface area contributed by atoms with Gasteiger partial charge in [0.2, 0.25) is 0 Å². The van der Waals surface area contributed by atoms with Crippen molar-refractivity contribution in [2.45, 2.75) is 37.8 Å². The molecule has 1 aromatic rings. The summed E-state index contributed by atoms with van der Waals surface area (Å²) in [6.45, 7) is 0. The predicted octanol–water partition coefficient (Wildman–Crippen LogP) is -0.218. The van der Waals surface area contributed by atoms with Crippen molar-refractivity contribution < 1.29 is 49.2 Å². The third kappa shape index (κ3) is 7.58. The van der Waals surface area contributed by atoms with E-state index in [-0.39, 0.29) is 24.0 Å². The van der Waals surface area contributed by atoms with E-state index < -0.39 is 60.6 Å². The summed E-state index contributed by atoms with van der Waals surface area (Å²) in [5, 5.41) is 39.9. The first-order chi connectivity index (χ1) is 14.0. The first kappa shape index (κ1) is 24.1. The molecule has 6 N–H and O–H groups in total. The van der Waals surface area contributed by atoms with E-state index in [1.807, 2.05) is 0 Å². The summed E-state index contributed by atoms with van der Waals surface area (Å²) >= 11 is 0. The zero-order valence-electron chi connectivity index (χ0n) is 15.5. The fraction of sp³-hybridized carbons (Fsp3) is 0.333. The molecule has 2 atom stereocenters. The van der Waals surface area contributed by atoms with Gasteiger partial charge in [0, 0.05) is 12.8 Å². The Morgan fingerprint density at radius 1 is 0.667 bits per heavy atom. The number of benzene rings is 1. The van der Waals surface area contributed by atoms with E-state index in [4.69, 9.17) is 20.4 Å². The smallest absolute Gasteiger partial charge is 0.326 e. The second-order valence-electron chi connectivity index (χ2n) is 6.14. The summed E-state index contributed by atoms with van der Waals surface area (Å²) in [6, 6.07) is 2.13. The van der Waals surface area contributed by atoms with Crippen molar-refractivity contribution in [1.82, 2.24) is 10.6 Å². The summed E-state index contributed by atoms with van der Waals surface area (Å²) in [6.07, 6.45) is -1.80. The maximum Gasteiger partial charge on any atom is 0.326 e. The standard InChI is InChI=1S/C18H20N2O10/c21-13(22)7-5-11(17(27)28)19-15(25)9-3-1-2-4-10(9)16(26)20-12(18(29)30)6-8-14(23)24/h1-4,11-12H,5-8H2,(H,19,25)(H,20,26)(H,21,22)(H,23,24)(H,27,28)(H,29,30). The molecule has 1 aromatic carbocycles. The molecule has 0 spiro atoms. The topological polar surface area (TPSA) is 207 Å². The van der Waals surface area contributed by atoms with Crippen molar-refractivity contribution in [2.24, 2.45) is 0 Å². The van der Waals surface area contributed by atoms with Crippen molar-refractivity contribution in [1.29, 1.82) is 0 Å². The Hall–Kier alpha value is -3.96. The molecule has 0 fully saturated rings. The zero-order chi connectivity index (χ0) is 22.8. The van der Waals surface area contributed by atoms with Crippen LogP contribution in [0.2, 0.25) is 0 Å². The summed E-state index contributed by atoms with van der Waals surface area (Å²) in [5.74, 6) is -7.39. The van der Waals surface area contributed by atoms with Crippen LogP contribution in [0, 0.1) is 0 Å². The highest BCUT2D eigenvalue weighted by atomic mass is 16.4. The highest BCUT2D eigenvalue weighted by Gasteiger charge is 2.26. The lowest BCUT2D eigenvalue weighted by Crippen LogP contribution is -2.43. The van der Waals surface area contributed by atoms with E-state index in [1.54, 1.807) is 0 Å². The van der Waals surface area contributed by atoms with Gasteiger partial charge in [0.1, 0.15) is 12.1 Å². The maximum absolute atomic E-state index is 12.5. The number of hydrogen-bond acceptors (Lipinski definition) is 6. The Morgan fingerprint density at radius 2 is 1.00 bits per heavy atom. The number of amides is 2. The van der Waals surface area contributed by atoms with Gasteiger partial charge in [-0.25, -0.2) is 9.59 Å². The molecule has 12 nitrogen and oxygen atoms in total. The van der Waals surface area contributed by atoms with E-state index in [2.05, 4.69) is 10.6 Å². The maximum atomic E-state index is 12.5. The summed E-state index contributed by atoms with van der Waals surface area (Å²) < 4.78 is 0. The van der Waals surface area contributed by atoms with Crippen LogP contribution in [0.1, 0.15) is 46.4 Å². The highest BCUT2D eigenvalue weighted by Crippen LogP contribution is 2.11. The SMILES string of the molecule is O=C(O)CCC(NC(=O)c1ccccc1C(=O)NC(CCC(=O)O)C(=O)O)C(=O)O. The first-order valence-electron chi connectivity index (χ1n) is 8.62. The van der Waals surface area contributed by atoms with Crippen molar-refractivity contribution >= 4 is 35.7 Å². The number of carbonyl (C=O) groups is 6. The molecule has 2 amide bonds. The molecule has 2 unspecified atom stereocenters. The quantitative estimate of drug-likeness (QED) is 0.260. The Labute approximate surface area is 169 Å². The van der Waals surface area contributed by atoms with Crippen molar-refractivity contribution in [3.63, 3.8) is 0 Å². The molecule has 30 heavy (non-hydrogen) atoms. The lowest BCUT2D eigenvalue weighted by molar-refractivity contribution is -0.142. The summed E-state index contributed by atoms with van der Waals surface area (Å²) in [4.78, 5) is 68.7. The number of carbonyl (C=O) groups excluding carboxylic acids is 2. The minimum atomic E-state index is -1.52. The number of aliphatic carboxylic acids is 4. The number of carboxylic acids is 4. The van der Waals surface area contributed by atoms with E-state index in [9.17, 15) is 28.8 Å². The highest BCUT2D eigenvalue weighted by molar-refractivity contribution is 6.08. The summed E-state index contributed by atoms with van der Waals surface area (Å²) in [7, 11) is 0. The first-order valence-corrected chi connectivity index (χ1v) is 8.62. The van der Waals surface area contributed by atoms with Gasteiger partial charge < -0.3 is 31.1 Å². The molecule has 162 valence electrons. The second kappa shape index (κ2) is 11.1. The largest absolute Gasteiger partial charge is 0.481 e. The Bertz CT molecular complexity index is 782. The van der Waals surface area contributed by atoms with Crippen LogP contribution in [0.3, 0.4) is 0 Å². The van der Waals surface area contributed by atoms with Crippen LogP contribution in [0.15, 0.2) is 24.3 Å². The molecule has 12 heteroatoms. The minimum absolute atomic E-state index is 0.265. The molecule has 0 aliphatic carbocycles. The zero-order valence-corrected chi connectivity index (χ0v) is 15.5. The van der Waals surface area contributed by atoms with E-state index in [0.717, 1.165) is 0 Å². The molecule has 0 bridgehead atoms. The van der Waals surface area contributed by atoms with Gasteiger partial charge in [-0.1, -0.05) is 12.1 Å². The average Bonchev–Trinajstić information content (AvgIpc) is 2.67. The van der Waals surface area contributed by atoms with Crippen molar-refractivity contribution in [2.75, 3.05) is 0 Å². The fourth-order valence-electron chi connectivity index (χ4n) is 2.40. The molecule has 0 saturated carbocycles. The molecule has 0 aliphatic rings. The van der Waals surface area contributed by atoms with Gasteiger partial charge in [0.15, 0.2) is 0 Å². The molecular formula is C18H20N2O10. The van der Waals surface area contributed by atoms with Gasteiger partial charge in [-0.15, -0.1) is 0 Å².